The third kappa shape index (κ3) is 1.12. The maximum absolute atomic E-state index is 12.0. The number of carbonyl (C=O) groups excluding carboxylic acids is 1. The summed E-state index contributed by atoms with van der Waals surface area (Å²) in [4.78, 5) is 12.0. The highest BCUT2D eigenvalue weighted by Gasteiger charge is 2.49. The molecule has 1 atom stereocenters. The minimum atomic E-state index is -0.338. The zero-order chi connectivity index (χ0) is 10.5. The molecular formula is C11H11BrN2O. The van der Waals surface area contributed by atoms with Crippen molar-refractivity contribution in [3.05, 3.63) is 28.2 Å². The number of anilines is 1. The molecule has 3 rings (SSSR count). The first-order valence-corrected chi connectivity index (χ1v) is 5.84. The van der Waals surface area contributed by atoms with Crippen LogP contribution in [0.5, 0.6) is 0 Å². The van der Waals surface area contributed by atoms with Crippen LogP contribution in [-0.4, -0.2) is 19.0 Å². The van der Waals surface area contributed by atoms with Crippen molar-refractivity contribution in [2.24, 2.45) is 0 Å². The van der Waals surface area contributed by atoms with Crippen molar-refractivity contribution >= 4 is 27.5 Å². The molecule has 3 nitrogen and oxygen atoms in total. The first-order chi connectivity index (χ1) is 7.24. The Kier molecular flexibility index (Phi) is 1.91. The van der Waals surface area contributed by atoms with Gasteiger partial charge in [0.05, 0.1) is 5.41 Å². The van der Waals surface area contributed by atoms with Crippen molar-refractivity contribution in [1.29, 1.82) is 0 Å². The van der Waals surface area contributed by atoms with Crippen LogP contribution in [0.25, 0.3) is 0 Å². The van der Waals surface area contributed by atoms with E-state index in [-0.39, 0.29) is 11.3 Å². The van der Waals surface area contributed by atoms with Gasteiger partial charge in [0.1, 0.15) is 0 Å². The predicted molar refractivity (Wildman–Crippen MR) is 61.9 cm³/mol. The molecule has 2 heterocycles. The Balaban J connectivity index is 2.24. The van der Waals surface area contributed by atoms with Gasteiger partial charge in [-0.15, -0.1) is 0 Å². The molecule has 1 aromatic carbocycles. The van der Waals surface area contributed by atoms with Crippen LogP contribution in [0.3, 0.4) is 0 Å². The Hall–Kier alpha value is -0.870. The predicted octanol–water partition coefficient (Wildman–Crippen LogP) is 1.63. The monoisotopic (exact) mass is 266 g/mol. The molecule has 0 aromatic heterocycles. The van der Waals surface area contributed by atoms with E-state index in [1.807, 2.05) is 18.2 Å². The van der Waals surface area contributed by atoms with E-state index in [4.69, 9.17) is 0 Å². The van der Waals surface area contributed by atoms with Crippen LogP contribution in [0.2, 0.25) is 0 Å². The van der Waals surface area contributed by atoms with E-state index in [9.17, 15) is 4.79 Å². The lowest BCUT2D eigenvalue weighted by Gasteiger charge is -2.20. The fourth-order valence-corrected chi connectivity index (χ4v) is 3.31. The minimum Gasteiger partial charge on any atom is -0.325 e. The summed E-state index contributed by atoms with van der Waals surface area (Å²) in [5.74, 6) is 0.134. The first kappa shape index (κ1) is 9.36. The molecule has 0 saturated carbocycles. The van der Waals surface area contributed by atoms with Gasteiger partial charge < -0.3 is 10.6 Å². The van der Waals surface area contributed by atoms with Gasteiger partial charge in [0, 0.05) is 22.3 Å². The molecule has 2 aliphatic rings. The Morgan fingerprint density at radius 1 is 1.40 bits per heavy atom. The molecule has 0 radical (unpaired) electrons. The molecule has 1 fully saturated rings. The fraction of sp³-hybridized carbons (Fsp3) is 0.364. The van der Waals surface area contributed by atoms with Gasteiger partial charge in [0.25, 0.3) is 0 Å². The SMILES string of the molecule is O=C1Nc2cccc(Br)c2[C@@]12CCNC2. The molecule has 1 aromatic rings. The largest absolute Gasteiger partial charge is 0.325 e. The third-order valence-corrected chi connectivity index (χ3v) is 3.99. The molecule has 0 aliphatic carbocycles. The normalized spacial score (nSPS) is 28.2. The number of hydrogen-bond acceptors (Lipinski definition) is 2. The average molecular weight is 267 g/mol. The molecule has 2 aliphatic heterocycles. The van der Waals surface area contributed by atoms with Crippen molar-refractivity contribution in [2.45, 2.75) is 11.8 Å². The third-order valence-electron chi connectivity index (χ3n) is 3.33. The molecule has 0 bridgehead atoms. The van der Waals surface area contributed by atoms with Crippen LogP contribution in [0.4, 0.5) is 5.69 Å². The maximum atomic E-state index is 12.0. The van der Waals surface area contributed by atoms with Gasteiger partial charge in [-0.3, -0.25) is 4.79 Å². The van der Waals surface area contributed by atoms with Crippen LogP contribution < -0.4 is 10.6 Å². The molecule has 1 saturated heterocycles. The smallest absolute Gasteiger partial charge is 0.236 e. The van der Waals surface area contributed by atoms with Gasteiger partial charge in [-0.25, -0.2) is 0 Å². The Morgan fingerprint density at radius 3 is 3.00 bits per heavy atom. The standard InChI is InChI=1S/C11H11BrN2O/c12-7-2-1-3-8-9(7)11(10(15)14-8)4-5-13-6-11/h1-3,13H,4-6H2,(H,14,15)/t11-/m0/s1. The second kappa shape index (κ2) is 3.06. The highest BCUT2D eigenvalue weighted by atomic mass is 79.9. The maximum Gasteiger partial charge on any atom is 0.236 e. The van der Waals surface area contributed by atoms with Gasteiger partial charge in [0.15, 0.2) is 0 Å². The van der Waals surface area contributed by atoms with Gasteiger partial charge in [-0.2, -0.15) is 0 Å². The number of amides is 1. The first-order valence-electron chi connectivity index (χ1n) is 5.05. The van der Waals surface area contributed by atoms with Crippen molar-refractivity contribution in [3.8, 4) is 0 Å². The summed E-state index contributed by atoms with van der Waals surface area (Å²) < 4.78 is 1.03. The number of benzene rings is 1. The number of hydrogen-bond donors (Lipinski definition) is 2. The van der Waals surface area contributed by atoms with E-state index >= 15 is 0 Å². The van der Waals surface area contributed by atoms with E-state index in [1.165, 1.54) is 0 Å². The number of carbonyl (C=O) groups is 1. The number of fused-ring (bicyclic) bond motifs is 2. The molecule has 0 unspecified atom stereocenters. The summed E-state index contributed by atoms with van der Waals surface area (Å²) in [6.07, 6.45) is 0.883. The zero-order valence-corrected chi connectivity index (χ0v) is 9.73. The summed E-state index contributed by atoms with van der Waals surface area (Å²) in [5, 5.41) is 6.23. The highest BCUT2D eigenvalue weighted by Crippen LogP contribution is 2.45. The second-order valence-electron chi connectivity index (χ2n) is 4.13. The van der Waals surface area contributed by atoms with E-state index in [1.54, 1.807) is 0 Å². The van der Waals surface area contributed by atoms with Crippen molar-refractivity contribution in [1.82, 2.24) is 5.32 Å². The minimum absolute atomic E-state index is 0.134. The zero-order valence-electron chi connectivity index (χ0n) is 8.14. The lowest BCUT2D eigenvalue weighted by atomic mass is 9.81. The highest BCUT2D eigenvalue weighted by molar-refractivity contribution is 9.10. The van der Waals surface area contributed by atoms with E-state index in [0.29, 0.717) is 0 Å². The fourth-order valence-electron chi connectivity index (χ4n) is 2.57. The summed E-state index contributed by atoms with van der Waals surface area (Å²) in [6, 6.07) is 5.91. The van der Waals surface area contributed by atoms with Crippen molar-refractivity contribution < 1.29 is 4.79 Å². The summed E-state index contributed by atoms with van der Waals surface area (Å²) in [5.41, 5.74) is 1.74. The topological polar surface area (TPSA) is 41.1 Å². The Labute approximate surface area is 96.4 Å². The van der Waals surface area contributed by atoms with E-state index < -0.39 is 0 Å². The molecular weight excluding hydrogens is 256 g/mol. The van der Waals surface area contributed by atoms with Gasteiger partial charge >= 0.3 is 0 Å². The Bertz CT molecular complexity index is 438. The van der Waals surface area contributed by atoms with Crippen LogP contribution in [-0.2, 0) is 10.2 Å². The lowest BCUT2D eigenvalue weighted by Crippen LogP contribution is -2.36. The van der Waals surface area contributed by atoms with E-state index in [2.05, 4.69) is 26.6 Å². The molecule has 4 heteroatoms. The number of nitrogens with one attached hydrogen (secondary N) is 2. The van der Waals surface area contributed by atoms with Crippen LogP contribution in [0, 0.1) is 0 Å². The van der Waals surface area contributed by atoms with Crippen LogP contribution >= 0.6 is 15.9 Å². The van der Waals surface area contributed by atoms with E-state index in [0.717, 1.165) is 35.2 Å². The average Bonchev–Trinajstić information content (AvgIpc) is 2.77. The van der Waals surface area contributed by atoms with Crippen LogP contribution in [0.1, 0.15) is 12.0 Å². The van der Waals surface area contributed by atoms with Crippen molar-refractivity contribution in [3.63, 3.8) is 0 Å². The second-order valence-corrected chi connectivity index (χ2v) is 4.98. The molecule has 2 N–H and O–H groups in total. The lowest BCUT2D eigenvalue weighted by molar-refractivity contribution is -0.120. The molecule has 1 amide bonds. The number of halogens is 1. The summed E-state index contributed by atoms with van der Waals surface area (Å²) in [6.45, 7) is 1.66. The quantitative estimate of drug-likeness (QED) is 0.750. The summed E-state index contributed by atoms with van der Waals surface area (Å²) >= 11 is 3.54. The van der Waals surface area contributed by atoms with Crippen LogP contribution in [0.15, 0.2) is 22.7 Å². The van der Waals surface area contributed by atoms with Gasteiger partial charge in [-0.05, 0) is 25.1 Å². The van der Waals surface area contributed by atoms with Gasteiger partial charge in [-0.1, -0.05) is 22.0 Å². The molecule has 1 spiro atoms. The Morgan fingerprint density at radius 2 is 2.27 bits per heavy atom. The van der Waals surface area contributed by atoms with Crippen molar-refractivity contribution in [2.75, 3.05) is 18.4 Å². The molecule has 15 heavy (non-hydrogen) atoms. The van der Waals surface area contributed by atoms with Gasteiger partial charge in [0.2, 0.25) is 5.91 Å². The molecule has 78 valence electrons. The number of rotatable bonds is 0. The summed E-state index contributed by atoms with van der Waals surface area (Å²) in [7, 11) is 0.